The normalized spacial score (nSPS) is 11.7. The molecule has 19 heavy (non-hydrogen) atoms. The van der Waals surface area contributed by atoms with Crippen LogP contribution >= 0.6 is 0 Å². The minimum atomic E-state index is 1.29. The van der Waals surface area contributed by atoms with Crippen LogP contribution in [0.1, 0.15) is 11.3 Å². The maximum Gasteiger partial charge on any atom is 0.0572 e. The first kappa shape index (κ1) is 10.6. The zero-order valence-corrected chi connectivity index (χ0v) is 11.1. The molecular formula is C18H15N. The molecule has 0 atom stereocenters. The molecule has 0 N–H and O–H groups in total. The molecule has 1 heteroatoms. The lowest BCUT2D eigenvalue weighted by molar-refractivity contribution is 1.15. The largest absolute Gasteiger partial charge is 0.313 e. The summed E-state index contributed by atoms with van der Waals surface area (Å²) in [5.41, 5.74) is 5.31. The van der Waals surface area contributed by atoms with E-state index in [1.54, 1.807) is 0 Å². The number of fused-ring (bicyclic) bond motifs is 5. The van der Waals surface area contributed by atoms with Crippen molar-refractivity contribution in [3.63, 3.8) is 0 Å². The van der Waals surface area contributed by atoms with Crippen molar-refractivity contribution in [3.8, 4) is 0 Å². The molecule has 0 spiro atoms. The highest BCUT2D eigenvalue weighted by molar-refractivity contribution is 6.05. The number of para-hydroxylation sites is 1. The van der Waals surface area contributed by atoms with Crippen LogP contribution in [0.4, 0.5) is 0 Å². The van der Waals surface area contributed by atoms with Gasteiger partial charge in [0.05, 0.1) is 11.0 Å². The summed E-state index contributed by atoms with van der Waals surface area (Å²) in [6.07, 6.45) is 0. The Morgan fingerprint density at radius 3 is 2.32 bits per heavy atom. The van der Waals surface area contributed by atoms with E-state index in [-0.39, 0.29) is 0 Å². The van der Waals surface area contributed by atoms with Crippen LogP contribution < -0.4 is 0 Å². The monoisotopic (exact) mass is 245 g/mol. The second-order valence-corrected chi connectivity index (χ2v) is 5.20. The fourth-order valence-corrected chi connectivity index (χ4v) is 3.22. The smallest absolute Gasteiger partial charge is 0.0572 e. The molecule has 1 nitrogen and oxygen atoms in total. The summed E-state index contributed by atoms with van der Waals surface area (Å²) >= 11 is 0. The number of hydrogen-bond acceptors (Lipinski definition) is 0. The summed E-state index contributed by atoms with van der Waals surface area (Å²) in [5.74, 6) is 0. The maximum absolute atomic E-state index is 2.38. The van der Waals surface area contributed by atoms with Crippen molar-refractivity contribution < 1.29 is 0 Å². The van der Waals surface area contributed by atoms with Gasteiger partial charge in [0.1, 0.15) is 0 Å². The summed E-state index contributed by atoms with van der Waals surface area (Å²) in [5, 5.41) is 4.00. The van der Waals surface area contributed by atoms with E-state index in [0.717, 1.165) is 0 Å². The van der Waals surface area contributed by atoms with Gasteiger partial charge < -0.3 is 4.40 Å². The van der Waals surface area contributed by atoms with Crippen LogP contribution in [-0.4, -0.2) is 4.40 Å². The van der Waals surface area contributed by atoms with Gasteiger partial charge in [-0.25, -0.2) is 0 Å². The molecule has 0 aliphatic heterocycles. The van der Waals surface area contributed by atoms with Crippen LogP contribution in [0.2, 0.25) is 0 Å². The molecule has 0 aliphatic rings. The second-order valence-electron chi connectivity index (χ2n) is 5.20. The lowest BCUT2D eigenvalue weighted by Gasteiger charge is -2.07. The molecule has 0 amide bonds. The van der Waals surface area contributed by atoms with Gasteiger partial charge in [-0.15, -0.1) is 0 Å². The summed E-state index contributed by atoms with van der Waals surface area (Å²) < 4.78 is 2.38. The van der Waals surface area contributed by atoms with E-state index in [2.05, 4.69) is 72.8 Å². The molecule has 0 saturated carbocycles. The van der Waals surface area contributed by atoms with Crippen LogP contribution in [-0.2, 0) is 0 Å². The summed E-state index contributed by atoms with van der Waals surface area (Å²) in [6, 6.07) is 19.6. The predicted octanol–water partition coefficient (Wildman–Crippen LogP) is 4.86. The van der Waals surface area contributed by atoms with E-state index < -0.39 is 0 Å². The van der Waals surface area contributed by atoms with Crippen LogP contribution in [0.15, 0.2) is 54.6 Å². The molecule has 2 aromatic carbocycles. The Kier molecular flexibility index (Phi) is 2.02. The predicted molar refractivity (Wildman–Crippen MR) is 81.9 cm³/mol. The van der Waals surface area contributed by atoms with Gasteiger partial charge in [-0.3, -0.25) is 0 Å². The van der Waals surface area contributed by atoms with E-state index in [1.807, 2.05) is 0 Å². The highest BCUT2D eigenvalue weighted by Crippen LogP contribution is 2.32. The van der Waals surface area contributed by atoms with Gasteiger partial charge in [-0.05, 0) is 36.9 Å². The van der Waals surface area contributed by atoms with Crippen molar-refractivity contribution in [2.24, 2.45) is 0 Å². The SMILES string of the molecule is Cc1c2ccccc2n2c(C)cc3ccccc3c12. The first-order valence-corrected chi connectivity index (χ1v) is 6.65. The van der Waals surface area contributed by atoms with Crippen molar-refractivity contribution in [1.29, 1.82) is 0 Å². The van der Waals surface area contributed by atoms with Crippen molar-refractivity contribution in [2.75, 3.05) is 0 Å². The first-order valence-electron chi connectivity index (χ1n) is 6.65. The van der Waals surface area contributed by atoms with Crippen molar-refractivity contribution in [1.82, 2.24) is 4.40 Å². The molecule has 0 saturated heterocycles. The van der Waals surface area contributed by atoms with Crippen molar-refractivity contribution in [2.45, 2.75) is 13.8 Å². The lowest BCUT2D eigenvalue weighted by atomic mass is 10.1. The van der Waals surface area contributed by atoms with Crippen LogP contribution in [0.3, 0.4) is 0 Å². The molecule has 92 valence electrons. The first-order chi connectivity index (χ1) is 9.27. The van der Waals surface area contributed by atoms with Gasteiger partial charge in [0.25, 0.3) is 0 Å². The van der Waals surface area contributed by atoms with Gasteiger partial charge in [-0.1, -0.05) is 42.5 Å². The van der Waals surface area contributed by atoms with Gasteiger partial charge in [0, 0.05) is 16.5 Å². The van der Waals surface area contributed by atoms with Crippen LogP contribution in [0, 0.1) is 13.8 Å². The van der Waals surface area contributed by atoms with Crippen molar-refractivity contribution >= 4 is 27.2 Å². The molecule has 0 bridgehead atoms. The van der Waals surface area contributed by atoms with Crippen molar-refractivity contribution in [3.05, 3.63) is 65.9 Å². The van der Waals surface area contributed by atoms with Crippen LogP contribution in [0.5, 0.6) is 0 Å². The third-order valence-electron chi connectivity index (χ3n) is 4.06. The van der Waals surface area contributed by atoms with E-state index in [1.165, 1.54) is 38.4 Å². The number of pyridine rings is 1. The molecule has 2 heterocycles. The molecule has 4 aromatic rings. The molecule has 2 aromatic heterocycles. The molecule has 0 aliphatic carbocycles. The van der Waals surface area contributed by atoms with Gasteiger partial charge in [0.15, 0.2) is 0 Å². The maximum atomic E-state index is 2.38. The Balaban J connectivity index is 2.43. The Morgan fingerprint density at radius 1 is 0.789 bits per heavy atom. The molecule has 0 unspecified atom stereocenters. The fraction of sp³-hybridized carbons (Fsp3) is 0.111. The van der Waals surface area contributed by atoms with E-state index >= 15 is 0 Å². The average Bonchev–Trinajstić information content (AvgIpc) is 2.74. The van der Waals surface area contributed by atoms with E-state index in [4.69, 9.17) is 0 Å². The summed E-state index contributed by atoms with van der Waals surface area (Å²) in [7, 11) is 0. The standard InChI is InChI=1S/C18H15N/c1-12-11-14-7-3-4-9-16(14)18-13(2)15-8-5-6-10-17(15)19(12)18/h3-11H,1-2H3. The van der Waals surface area contributed by atoms with Gasteiger partial charge in [0.2, 0.25) is 0 Å². The number of aromatic nitrogens is 1. The van der Waals surface area contributed by atoms with Gasteiger partial charge >= 0.3 is 0 Å². The lowest BCUT2D eigenvalue weighted by Crippen LogP contribution is -1.92. The van der Waals surface area contributed by atoms with E-state index in [9.17, 15) is 0 Å². The number of aryl methyl sites for hydroxylation is 2. The Hall–Kier alpha value is -2.28. The summed E-state index contributed by atoms with van der Waals surface area (Å²) in [4.78, 5) is 0. The third kappa shape index (κ3) is 1.30. The zero-order valence-electron chi connectivity index (χ0n) is 11.1. The Labute approximate surface area is 112 Å². The Morgan fingerprint density at radius 2 is 1.47 bits per heavy atom. The Bertz CT molecular complexity index is 929. The minimum absolute atomic E-state index is 1.29. The fourth-order valence-electron chi connectivity index (χ4n) is 3.22. The summed E-state index contributed by atoms with van der Waals surface area (Å²) in [6.45, 7) is 4.41. The molecular weight excluding hydrogens is 230 g/mol. The average molecular weight is 245 g/mol. The number of nitrogens with zero attached hydrogens (tertiary/aromatic N) is 1. The third-order valence-corrected chi connectivity index (χ3v) is 4.06. The topological polar surface area (TPSA) is 4.41 Å². The van der Waals surface area contributed by atoms with E-state index in [0.29, 0.717) is 0 Å². The molecule has 0 fully saturated rings. The second kappa shape index (κ2) is 3.61. The molecule has 4 rings (SSSR count). The minimum Gasteiger partial charge on any atom is -0.313 e. The number of rotatable bonds is 0. The molecule has 0 radical (unpaired) electrons. The van der Waals surface area contributed by atoms with Crippen LogP contribution in [0.25, 0.3) is 27.2 Å². The highest BCUT2D eigenvalue weighted by Gasteiger charge is 2.12. The zero-order chi connectivity index (χ0) is 13.0. The quantitative estimate of drug-likeness (QED) is 0.416. The van der Waals surface area contributed by atoms with Gasteiger partial charge in [-0.2, -0.15) is 0 Å². The number of hydrogen-bond donors (Lipinski definition) is 0. The highest BCUT2D eigenvalue weighted by atomic mass is 14.9. The number of benzene rings is 2.